The van der Waals surface area contributed by atoms with Gasteiger partial charge in [0.25, 0.3) is 5.91 Å². The molecule has 2 aromatic carbocycles. The maximum atomic E-state index is 13.7. The summed E-state index contributed by atoms with van der Waals surface area (Å²) in [5, 5.41) is 20.3. The largest absolute Gasteiger partial charge is 0.505 e. The molecular formula is C20H19FN2O6. The van der Waals surface area contributed by atoms with E-state index in [0.717, 1.165) is 18.2 Å². The van der Waals surface area contributed by atoms with Gasteiger partial charge < -0.3 is 9.84 Å². The SMILES string of the molecule is CC(=O)c1ccc(NC(=O)O[C@H](C/C=C/C(=O)NO)c2ccc(O)c(F)c2)cc1. The minimum absolute atomic E-state index is 0.00563. The van der Waals surface area contributed by atoms with E-state index >= 15 is 0 Å². The van der Waals surface area contributed by atoms with Gasteiger partial charge in [-0.1, -0.05) is 12.1 Å². The summed E-state index contributed by atoms with van der Waals surface area (Å²) in [6, 6.07) is 9.63. The van der Waals surface area contributed by atoms with E-state index in [1.807, 2.05) is 0 Å². The van der Waals surface area contributed by atoms with Gasteiger partial charge in [-0.15, -0.1) is 0 Å². The Bertz CT molecular complexity index is 927. The zero-order valence-electron chi connectivity index (χ0n) is 15.4. The fourth-order valence-electron chi connectivity index (χ4n) is 2.38. The minimum atomic E-state index is -0.982. The van der Waals surface area contributed by atoms with Crippen LogP contribution in [0, 0.1) is 5.82 Å². The van der Waals surface area contributed by atoms with Gasteiger partial charge >= 0.3 is 6.09 Å². The van der Waals surface area contributed by atoms with Crippen molar-refractivity contribution in [1.82, 2.24) is 5.48 Å². The second-order valence-corrected chi connectivity index (χ2v) is 5.98. The number of aromatic hydroxyl groups is 1. The molecule has 2 aromatic rings. The van der Waals surface area contributed by atoms with Gasteiger partial charge in [-0.2, -0.15) is 0 Å². The van der Waals surface area contributed by atoms with Crippen molar-refractivity contribution in [2.24, 2.45) is 0 Å². The normalized spacial score (nSPS) is 11.7. The first-order valence-corrected chi connectivity index (χ1v) is 8.47. The quantitative estimate of drug-likeness (QED) is 0.243. The van der Waals surface area contributed by atoms with E-state index in [9.17, 15) is 23.9 Å². The van der Waals surface area contributed by atoms with Crippen molar-refractivity contribution in [3.05, 3.63) is 71.6 Å². The third-order valence-corrected chi connectivity index (χ3v) is 3.86. The lowest BCUT2D eigenvalue weighted by Crippen LogP contribution is -2.18. The van der Waals surface area contributed by atoms with Crippen molar-refractivity contribution in [2.75, 3.05) is 5.32 Å². The highest BCUT2D eigenvalue weighted by Crippen LogP contribution is 2.26. The van der Waals surface area contributed by atoms with E-state index < -0.39 is 29.7 Å². The molecule has 0 heterocycles. The van der Waals surface area contributed by atoms with Crippen molar-refractivity contribution in [1.29, 1.82) is 0 Å². The number of ketones is 1. The Hall–Kier alpha value is -3.72. The van der Waals surface area contributed by atoms with Crippen LogP contribution in [0.4, 0.5) is 14.9 Å². The lowest BCUT2D eigenvalue weighted by Gasteiger charge is -2.18. The minimum Gasteiger partial charge on any atom is -0.505 e. The summed E-state index contributed by atoms with van der Waals surface area (Å²) >= 11 is 0. The summed E-state index contributed by atoms with van der Waals surface area (Å²) in [6.45, 7) is 1.42. The molecule has 2 amide bonds. The second-order valence-electron chi connectivity index (χ2n) is 5.98. The number of ether oxygens (including phenoxy) is 1. The van der Waals surface area contributed by atoms with Crippen LogP contribution in [0.5, 0.6) is 5.75 Å². The number of hydrogen-bond acceptors (Lipinski definition) is 6. The number of hydrogen-bond donors (Lipinski definition) is 4. The lowest BCUT2D eigenvalue weighted by molar-refractivity contribution is -0.124. The summed E-state index contributed by atoms with van der Waals surface area (Å²) < 4.78 is 19.0. The van der Waals surface area contributed by atoms with Gasteiger partial charge in [-0.25, -0.2) is 14.7 Å². The van der Waals surface area contributed by atoms with Crippen LogP contribution in [-0.4, -0.2) is 28.1 Å². The molecule has 8 nitrogen and oxygen atoms in total. The zero-order valence-corrected chi connectivity index (χ0v) is 15.4. The highest BCUT2D eigenvalue weighted by atomic mass is 19.1. The Labute approximate surface area is 165 Å². The first-order chi connectivity index (χ1) is 13.8. The van der Waals surface area contributed by atoms with Gasteiger partial charge in [0, 0.05) is 23.7 Å². The molecule has 4 N–H and O–H groups in total. The van der Waals surface area contributed by atoms with Gasteiger partial charge in [0.1, 0.15) is 6.10 Å². The van der Waals surface area contributed by atoms with Crippen LogP contribution in [-0.2, 0) is 9.53 Å². The van der Waals surface area contributed by atoms with E-state index in [4.69, 9.17) is 9.94 Å². The summed E-state index contributed by atoms with van der Waals surface area (Å²) in [6.07, 6.45) is 0.513. The van der Waals surface area contributed by atoms with Gasteiger partial charge in [0.2, 0.25) is 0 Å². The van der Waals surface area contributed by atoms with E-state index in [1.165, 1.54) is 36.7 Å². The molecule has 2 rings (SSSR count). The lowest BCUT2D eigenvalue weighted by atomic mass is 10.1. The highest BCUT2D eigenvalue weighted by Gasteiger charge is 2.18. The van der Waals surface area contributed by atoms with Gasteiger partial charge in [-0.3, -0.25) is 20.1 Å². The molecule has 0 aliphatic heterocycles. The molecule has 1 atom stereocenters. The third kappa shape index (κ3) is 6.43. The molecule has 9 heteroatoms. The van der Waals surface area contributed by atoms with Crippen LogP contribution >= 0.6 is 0 Å². The molecule has 0 aromatic heterocycles. The predicted octanol–water partition coefficient (Wildman–Crippen LogP) is 3.48. The number of anilines is 1. The fourth-order valence-corrected chi connectivity index (χ4v) is 2.38. The number of benzene rings is 2. The molecule has 0 saturated carbocycles. The fraction of sp³-hybridized carbons (Fsp3) is 0.150. The average molecular weight is 402 g/mol. The average Bonchev–Trinajstić information content (AvgIpc) is 2.69. The summed E-state index contributed by atoms with van der Waals surface area (Å²) in [5.74, 6) is -2.35. The predicted molar refractivity (Wildman–Crippen MR) is 101 cm³/mol. The molecule has 152 valence electrons. The van der Waals surface area contributed by atoms with Gasteiger partial charge in [-0.05, 0) is 48.9 Å². The molecule has 0 bridgehead atoms. The number of carbonyl (C=O) groups is 3. The number of Topliss-reactive ketones (excluding diaryl/α,β-unsaturated/α-hetero) is 1. The number of amides is 2. The maximum Gasteiger partial charge on any atom is 0.412 e. The van der Waals surface area contributed by atoms with Crippen molar-refractivity contribution in [3.8, 4) is 5.75 Å². The number of phenols is 1. The van der Waals surface area contributed by atoms with E-state index in [1.54, 1.807) is 12.1 Å². The summed E-state index contributed by atoms with van der Waals surface area (Å²) in [4.78, 5) is 34.6. The monoisotopic (exact) mass is 402 g/mol. The molecule has 0 unspecified atom stereocenters. The number of phenolic OH excluding ortho intramolecular Hbond substituents is 1. The standard InChI is InChI=1S/C20H19FN2O6/c1-12(24)13-5-8-15(9-6-13)22-20(27)29-18(3-2-4-19(26)23-28)14-7-10-17(25)16(21)11-14/h2,4-11,18,25,28H,3H2,1H3,(H,22,27)(H,23,26)/b4-2+/t18-/m1/s1. The molecule has 0 radical (unpaired) electrons. The number of rotatable bonds is 7. The molecular weight excluding hydrogens is 383 g/mol. The molecule has 0 spiro atoms. The van der Waals surface area contributed by atoms with Crippen LogP contribution in [0.2, 0.25) is 0 Å². The zero-order chi connectivity index (χ0) is 21.4. The first-order valence-electron chi connectivity index (χ1n) is 8.47. The van der Waals surface area contributed by atoms with Crippen LogP contribution in [0.25, 0.3) is 0 Å². The third-order valence-electron chi connectivity index (χ3n) is 3.86. The van der Waals surface area contributed by atoms with E-state index in [0.29, 0.717) is 11.3 Å². The topological polar surface area (TPSA) is 125 Å². The Morgan fingerprint density at radius 2 is 1.86 bits per heavy atom. The van der Waals surface area contributed by atoms with Crippen molar-refractivity contribution in [2.45, 2.75) is 19.4 Å². The first kappa shape index (κ1) is 21.6. The van der Waals surface area contributed by atoms with Crippen molar-refractivity contribution < 1.29 is 33.8 Å². The Kier molecular flexibility index (Phi) is 7.44. The Morgan fingerprint density at radius 3 is 2.45 bits per heavy atom. The Balaban J connectivity index is 2.13. The van der Waals surface area contributed by atoms with E-state index in [-0.39, 0.29) is 17.8 Å². The number of hydroxylamine groups is 1. The molecule has 29 heavy (non-hydrogen) atoms. The van der Waals surface area contributed by atoms with Crippen LogP contribution in [0.3, 0.4) is 0 Å². The number of halogens is 1. The molecule has 0 fully saturated rings. The van der Waals surface area contributed by atoms with Crippen molar-refractivity contribution in [3.63, 3.8) is 0 Å². The molecule has 0 aliphatic carbocycles. The van der Waals surface area contributed by atoms with Crippen LogP contribution in [0.15, 0.2) is 54.6 Å². The summed E-state index contributed by atoms with van der Waals surface area (Å²) in [7, 11) is 0. The van der Waals surface area contributed by atoms with Gasteiger partial charge in [0.15, 0.2) is 17.3 Å². The maximum absolute atomic E-state index is 13.7. The number of carbonyl (C=O) groups excluding carboxylic acids is 3. The van der Waals surface area contributed by atoms with Gasteiger partial charge in [0.05, 0.1) is 0 Å². The van der Waals surface area contributed by atoms with Crippen LogP contribution in [0.1, 0.15) is 35.4 Å². The van der Waals surface area contributed by atoms with Crippen LogP contribution < -0.4 is 10.8 Å². The second kappa shape index (κ2) is 10.00. The number of nitrogens with one attached hydrogen (secondary N) is 2. The molecule has 0 aliphatic rings. The molecule has 0 saturated heterocycles. The highest BCUT2D eigenvalue weighted by molar-refractivity contribution is 5.95. The smallest absolute Gasteiger partial charge is 0.412 e. The van der Waals surface area contributed by atoms with Crippen molar-refractivity contribution >= 4 is 23.5 Å². The summed E-state index contributed by atoms with van der Waals surface area (Å²) in [5.41, 5.74) is 2.53. The Morgan fingerprint density at radius 1 is 1.17 bits per heavy atom. The van der Waals surface area contributed by atoms with E-state index in [2.05, 4.69) is 5.32 Å².